The van der Waals surface area contributed by atoms with Gasteiger partial charge in [0.1, 0.15) is 5.75 Å². The molecule has 0 saturated carbocycles. The highest BCUT2D eigenvalue weighted by molar-refractivity contribution is 7.79. The maximum atomic E-state index is 10.3. The van der Waals surface area contributed by atoms with Crippen molar-refractivity contribution in [1.82, 2.24) is 9.78 Å². The summed E-state index contributed by atoms with van der Waals surface area (Å²) in [6, 6.07) is 7.48. The van der Waals surface area contributed by atoms with E-state index in [4.69, 9.17) is 20.8 Å². The summed E-state index contributed by atoms with van der Waals surface area (Å²) < 4.78 is 25.8. The molecule has 1 heterocycles. The quantitative estimate of drug-likeness (QED) is 0.399. The number of aromatic nitrogens is 2. The normalized spacial score (nSPS) is 11.5. The number of hydrogen-bond acceptors (Lipinski definition) is 5. The highest BCUT2D eigenvalue weighted by Gasteiger charge is 2.01. The van der Waals surface area contributed by atoms with Crippen molar-refractivity contribution >= 4 is 22.5 Å². The zero-order valence-electron chi connectivity index (χ0n) is 14.1. The van der Waals surface area contributed by atoms with Gasteiger partial charge in [0.15, 0.2) is 11.1 Å². The summed E-state index contributed by atoms with van der Waals surface area (Å²) in [4.78, 5) is 0. The Balaban J connectivity index is 0.000000240. The number of hydrogen-bond donors (Lipinski definition) is 3. The lowest BCUT2D eigenvalue weighted by molar-refractivity contribution is 0.309. The summed E-state index contributed by atoms with van der Waals surface area (Å²) in [6.45, 7) is 5.15. The van der Waals surface area contributed by atoms with Crippen molar-refractivity contribution in [3.8, 4) is 5.75 Å². The van der Waals surface area contributed by atoms with Crippen molar-refractivity contribution < 1.29 is 13.5 Å². The first kappa shape index (κ1) is 20.0. The third-order valence-electron chi connectivity index (χ3n) is 3.13. The second-order valence-electron chi connectivity index (χ2n) is 5.23. The third kappa shape index (κ3) is 7.98. The second-order valence-corrected chi connectivity index (χ2v) is 6.28. The highest BCUT2D eigenvalue weighted by Crippen LogP contribution is 2.13. The van der Waals surface area contributed by atoms with Crippen LogP contribution in [0.15, 0.2) is 30.5 Å². The molecule has 0 bridgehead atoms. The van der Waals surface area contributed by atoms with Crippen LogP contribution in [0, 0.1) is 6.92 Å². The average Bonchev–Trinajstić information content (AvgIpc) is 2.87. The Morgan fingerprint density at radius 1 is 1.29 bits per heavy atom. The molecule has 1 aromatic heterocycles. The minimum atomic E-state index is -1.77. The molecule has 24 heavy (non-hydrogen) atoms. The van der Waals surface area contributed by atoms with Gasteiger partial charge in [-0.25, -0.2) is 4.21 Å². The predicted molar refractivity (Wildman–Crippen MR) is 98.3 cm³/mol. The van der Waals surface area contributed by atoms with Crippen LogP contribution in [0.2, 0.25) is 0 Å². The van der Waals surface area contributed by atoms with Crippen molar-refractivity contribution in [2.75, 3.05) is 23.8 Å². The van der Waals surface area contributed by atoms with E-state index in [-0.39, 0.29) is 5.75 Å². The van der Waals surface area contributed by atoms with Gasteiger partial charge in [0, 0.05) is 11.9 Å². The average molecular weight is 354 g/mol. The predicted octanol–water partition coefficient (Wildman–Crippen LogP) is 2.44. The summed E-state index contributed by atoms with van der Waals surface area (Å²) in [5, 5.41) is 4.03. The van der Waals surface area contributed by atoms with Gasteiger partial charge >= 0.3 is 0 Å². The number of ether oxygens (including phenoxy) is 1. The van der Waals surface area contributed by atoms with Gasteiger partial charge in [-0.1, -0.05) is 13.3 Å². The lowest BCUT2D eigenvalue weighted by atomic mass is 10.3. The molecule has 1 atom stereocenters. The van der Waals surface area contributed by atoms with Crippen LogP contribution in [0.3, 0.4) is 0 Å². The zero-order chi connectivity index (χ0) is 17.9. The topological polar surface area (TPSA) is 116 Å². The van der Waals surface area contributed by atoms with E-state index < -0.39 is 11.1 Å². The maximum Gasteiger partial charge on any atom is 0.154 e. The van der Waals surface area contributed by atoms with Crippen molar-refractivity contribution in [1.29, 1.82) is 0 Å². The second kappa shape index (κ2) is 10.7. The van der Waals surface area contributed by atoms with Crippen molar-refractivity contribution in [2.45, 2.75) is 33.2 Å². The summed E-state index contributed by atoms with van der Waals surface area (Å²) in [7, 11) is 0. The Kier molecular flexibility index (Phi) is 8.88. The first-order chi connectivity index (χ1) is 11.4. The smallest absolute Gasteiger partial charge is 0.154 e. The lowest BCUT2D eigenvalue weighted by Gasteiger charge is -2.04. The Labute approximate surface area is 145 Å². The van der Waals surface area contributed by atoms with E-state index in [0.717, 1.165) is 36.6 Å². The Bertz CT molecular complexity index is 609. The first-order valence-corrected chi connectivity index (χ1v) is 9.05. The standard InChI is InChI=1S/C10H15NO.C6H11N3O2S/c1-2-3-8-12-10-6-4-9(11)5-7-10;1-5-6(7)4-9(8-5)2-3-12(10)11/h4-7H,2-3,8,11H2,1H3;4H,2-3,7H2,1H3,(H,10,11). The van der Waals surface area contributed by atoms with Crippen LogP contribution in [-0.2, 0) is 17.6 Å². The molecular weight excluding hydrogens is 328 g/mol. The number of benzene rings is 1. The monoisotopic (exact) mass is 354 g/mol. The lowest BCUT2D eigenvalue weighted by Crippen LogP contribution is -2.07. The molecule has 1 aromatic carbocycles. The van der Waals surface area contributed by atoms with Gasteiger partial charge in [0.05, 0.1) is 30.3 Å². The Hall–Kier alpha value is -2.06. The van der Waals surface area contributed by atoms with Crippen LogP contribution in [0.5, 0.6) is 5.75 Å². The molecule has 0 radical (unpaired) electrons. The molecule has 0 amide bonds. The summed E-state index contributed by atoms with van der Waals surface area (Å²) >= 11 is -1.77. The van der Waals surface area contributed by atoms with E-state index >= 15 is 0 Å². The van der Waals surface area contributed by atoms with Crippen LogP contribution < -0.4 is 16.2 Å². The van der Waals surface area contributed by atoms with Gasteiger partial charge in [-0.3, -0.25) is 4.68 Å². The zero-order valence-corrected chi connectivity index (χ0v) is 15.0. The molecule has 1 unspecified atom stereocenters. The molecule has 0 aliphatic carbocycles. The van der Waals surface area contributed by atoms with Gasteiger partial charge in [-0.15, -0.1) is 0 Å². The molecule has 0 aliphatic heterocycles. The number of anilines is 2. The molecule has 134 valence electrons. The number of unbranched alkanes of at least 4 members (excludes halogenated alkanes) is 1. The van der Waals surface area contributed by atoms with Gasteiger partial charge in [0.2, 0.25) is 0 Å². The minimum Gasteiger partial charge on any atom is -0.494 e. The van der Waals surface area contributed by atoms with Gasteiger partial charge in [0.25, 0.3) is 0 Å². The number of nitrogens with two attached hydrogens (primary N) is 2. The molecule has 0 spiro atoms. The molecule has 5 N–H and O–H groups in total. The molecule has 0 aliphatic rings. The molecule has 2 aromatic rings. The van der Waals surface area contributed by atoms with E-state index in [2.05, 4.69) is 12.0 Å². The van der Waals surface area contributed by atoms with Crippen LogP contribution in [-0.4, -0.2) is 30.9 Å². The summed E-state index contributed by atoms with van der Waals surface area (Å²) in [5.74, 6) is 1.08. The molecular formula is C16H26N4O3S. The largest absolute Gasteiger partial charge is 0.494 e. The molecule has 2 rings (SSSR count). The molecule has 8 heteroatoms. The molecule has 0 saturated heterocycles. The molecule has 0 fully saturated rings. The van der Waals surface area contributed by atoms with E-state index in [0.29, 0.717) is 12.2 Å². The minimum absolute atomic E-state index is 0.181. The van der Waals surface area contributed by atoms with Crippen LogP contribution in [0.1, 0.15) is 25.5 Å². The van der Waals surface area contributed by atoms with E-state index in [1.54, 1.807) is 17.8 Å². The van der Waals surface area contributed by atoms with E-state index in [1.165, 1.54) is 0 Å². The van der Waals surface area contributed by atoms with Crippen LogP contribution >= 0.6 is 0 Å². The number of rotatable bonds is 7. The van der Waals surface area contributed by atoms with Gasteiger partial charge in [-0.2, -0.15) is 5.10 Å². The fraction of sp³-hybridized carbons (Fsp3) is 0.438. The third-order valence-corrected chi connectivity index (χ3v) is 3.66. The number of aryl methyl sites for hydroxylation is 2. The van der Waals surface area contributed by atoms with Crippen molar-refractivity contribution in [2.24, 2.45) is 0 Å². The van der Waals surface area contributed by atoms with E-state index in [9.17, 15) is 4.21 Å². The van der Waals surface area contributed by atoms with Crippen LogP contribution in [0.25, 0.3) is 0 Å². The number of nitrogens with zero attached hydrogens (tertiary/aromatic N) is 2. The number of nitrogen functional groups attached to an aromatic ring is 2. The van der Waals surface area contributed by atoms with Gasteiger partial charge < -0.3 is 20.8 Å². The fourth-order valence-corrected chi connectivity index (χ4v) is 2.06. The van der Waals surface area contributed by atoms with Crippen LogP contribution in [0.4, 0.5) is 11.4 Å². The maximum absolute atomic E-state index is 10.3. The summed E-state index contributed by atoms with van der Waals surface area (Å²) in [5.41, 5.74) is 13.2. The first-order valence-electron chi connectivity index (χ1n) is 7.77. The van der Waals surface area contributed by atoms with Crippen molar-refractivity contribution in [3.05, 3.63) is 36.2 Å². The molecule has 7 nitrogen and oxygen atoms in total. The fourth-order valence-electron chi connectivity index (χ4n) is 1.72. The van der Waals surface area contributed by atoms with Crippen molar-refractivity contribution in [3.63, 3.8) is 0 Å². The Morgan fingerprint density at radius 2 is 1.96 bits per heavy atom. The summed E-state index contributed by atoms with van der Waals surface area (Å²) in [6.07, 6.45) is 3.92. The highest BCUT2D eigenvalue weighted by atomic mass is 32.2. The SMILES string of the molecule is CCCCOc1ccc(N)cc1.Cc1nn(CCS(=O)O)cc1N. The van der Waals surface area contributed by atoms with E-state index in [1.807, 2.05) is 24.3 Å². The van der Waals surface area contributed by atoms with Gasteiger partial charge in [-0.05, 0) is 37.6 Å². The Morgan fingerprint density at radius 3 is 2.46 bits per heavy atom.